The van der Waals surface area contributed by atoms with Gasteiger partial charge in [0, 0.05) is 18.0 Å². The van der Waals surface area contributed by atoms with Crippen LogP contribution in [0.1, 0.15) is 41.4 Å². The van der Waals surface area contributed by atoms with Crippen LogP contribution in [0.2, 0.25) is 5.02 Å². The van der Waals surface area contributed by atoms with E-state index in [0.29, 0.717) is 40.1 Å². The van der Waals surface area contributed by atoms with Crippen molar-refractivity contribution in [3.63, 3.8) is 0 Å². The van der Waals surface area contributed by atoms with E-state index in [0.717, 1.165) is 12.0 Å². The van der Waals surface area contributed by atoms with E-state index < -0.39 is 0 Å². The van der Waals surface area contributed by atoms with Crippen molar-refractivity contribution in [2.75, 3.05) is 6.61 Å². The van der Waals surface area contributed by atoms with Crippen LogP contribution < -0.4 is 5.56 Å². The van der Waals surface area contributed by atoms with E-state index in [1.807, 2.05) is 24.3 Å². The Kier molecular flexibility index (Phi) is 4.63. The lowest BCUT2D eigenvalue weighted by molar-refractivity contribution is 0.110. The molecule has 0 aliphatic carbocycles. The number of fused-ring (bicyclic) bond motifs is 1. The van der Waals surface area contributed by atoms with Crippen molar-refractivity contribution in [1.82, 2.24) is 29.5 Å². The van der Waals surface area contributed by atoms with Gasteiger partial charge < -0.3 is 9.26 Å². The molecular formula is C20H19ClN6O3. The number of halogens is 1. The van der Waals surface area contributed by atoms with Gasteiger partial charge in [-0.15, -0.1) is 0 Å². The van der Waals surface area contributed by atoms with Gasteiger partial charge in [0.05, 0.1) is 18.4 Å². The highest BCUT2D eigenvalue weighted by Gasteiger charge is 2.31. The maximum atomic E-state index is 12.8. The first-order chi connectivity index (χ1) is 14.5. The minimum Gasteiger partial charge on any atom is -0.373 e. The first kappa shape index (κ1) is 19.0. The Balaban J connectivity index is 1.33. The third-order valence-electron chi connectivity index (χ3n) is 5.38. The molecule has 1 aliphatic rings. The van der Waals surface area contributed by atoms with Crippen LogP contribution in [0, 0.1) is 6.92 Å². The molecule has 10 heteroatoms. The maximum Gasteiger partial charge on any atom is 0.265 e. The Morgan fingerprint density at radius 1 is 1.27 bits per heavy atom. The van der Waals surface area contributed by atoms with E-state index in [2.05, 4.69) is 20.2 Å². The predicted octanol–water partition coefficient (Wildman–Crippen LogP) is 2.77. The molecule has 3 aromatic heterocycles. The Morgan fingerprint density at radius 2 is 2.07 bits per heavy atom. The minimum atomic E-state index is -0.183. The van der Waals surface area contributed by atoms with Gasteiger partial charge in [-0.05, 0) is 31.0 Å². The van der Waals surface area contributed by atoms with E-state index in [1.165, 1.54) is 10.9 Å². The fourth-order valence-corrected chi connectivity index (χ4v) is 3.96. The highest BCUT2D eigenvalue weighted by Crippen LogP contribution is 2.37. The molecule has 30 heavy (non-hydrogen) atoms. The number of aromatic nitrogens is 6. The first-order valence-corrected chi connectivity index (χ1v) is 9.95. The van der Waals surface area contributed by atoms with Gasteiger partial charge in [0.2, 0.25) is 5.89 Å². The Labute approximate surface area is 176 Å². The quantitative estimate of drug-likeness (QED) is 0.494. The third kappa shape index (κ3) is 3.29. The molecule has 0 bridgehead atoms. The number of rotatable bonds is 4. The summed E-state index contributed by atoms with van der Waals surface area (Å²) in [6.45, 7) is 2.45. The molecule has 5 rings (SSSR count). The summed E-state index contributed by atoms with van der Waals surface area (Å²) in [6, 6.07) is 7.64. The largest absolute Gasteiger partial charge is 0.373 e. The van der Waals surface area contributed by atoms with E-state index in [-0.39, 0.29) is 24.1 Å². The molecule has 0 spiro atoms. The summed E-state index contributed by atoms with van der Waals surface area (Å²) < 4.78 is 14.4. The second-order valence-electron chi connectivity index (χ2n) is 7.44. The third-order valence-corrected chi connectivity index (χ3v) is 5.63. The van der Waals surface area contributed by atoms with Gasteiger partial charge in [-0.3, -0.25) is 9.36 Å². The maximum absolute atomic E-state index is 12.8. The van der Waals surface area contributed by atoms with Crippen molar-refractivity contribution >= 4 is 22.6 Å². The van der Waals surface area contributed by atoms with E-state index in [9.17, 15) is 4.79 Å². The SMILES string of the molecule is Cc1nn(C)c2ncn(Cc3nc([C@@H]4CO[C@@H](c5ccc(Cl)cc5)C4)no3)c(=O)c12. The number of nitrogens with zero attached hydrogens (tertiary/aromatic N) is 6. The zero-order valence-electron chi connectivity index (χ0n) is 16.4. The number of hydrogen-bond donors (Lipinski definition) is 0. The smallest absolute Gasteiger partial charge is 0.265 e. The molecular weight excluding hydrogens is 408 g/mol. The van der Waals surface area contributed by atoms with Gasteiger partial charge in [0.1, 0.15) is 18.3 Å². The average molecular weight is 427 g/mol. The van der Waals surface area contributed by atoms with Crippen LogP contribution in [0.3, 0.4) is 0 Å². The molecule has 4 heterocycles. The van der Waals surface area contributed by atoms with Crippen LogP contribution in [0.5, 0.6) is 0 Å². The van der Waals surface area contributed by atoms with Crippen LogP contribution in [0.25, 0.3) is 11.0 Å². The monoisotopic (exact) mass is 426 g/mol. The van der Waals surface area contributed by atoms with Crippen molar-refractivity contribution < 1.29 is 9.26 Å². The lowest BCUT2D eigenvalue weighted by atomic mass is 10.0. The highest BCUT2D eigenvalue weighted by molar-refractivity contribution is 6.30. The lowest BCUT2D eigenvalue weighted by Crippen LogP contribution is -2.21. The van der Waals surface area contributed by atoms with Crippen molar-refractivity contribution in [2.45, 2.75) is 31.9 Å². The van der Waals surface area contributed by atoms with Gasteiger partial charge in [0.15, 0.2) is 11.5 Å². The topological polar surface area (TPSA) is 101 Å². The van der Waals surface area contributed by atoms with Gasteiger partial charge in [-0.2, -0.15) is 10.1 Å². The fourth-order valence-electron chi connectivity index (χ4n) is 3.84. The van der Waals surface area contributed by atoms with E-state index in [4.69, 9.17) is 20.9 Å². The Morgan fingerprint density at radius 3 is 2.87 bits per heavy atom. The molecule has 1 fully saturated rings. The molecule has 1 saturated heterocycles. The van der Waals surface area contributed by atoms with Crippen molar-refractivity contribution in [3.05, 3.63) is 68.9 Å². The summed E-state index contributed by atoms with van der Waals surface area (Å²) in [7, 11) is 1.76. The zero-order chi connectivity index (χ0) is 20.8. The molecule has 1 aromatic carbocycles. The van der Waals surface area contributed by atoms with Gasteiger partial charge in [-0.1, -0.05) is 28.9 Å². The fraction of sp³-hybridized carbons (Fsp3) is 0.350. The van der Waals surface area contributed by atoms with Crippen LogP contribution in [-0.2, 0) is 18.3 Å². The molecule has 0 amide bonds. The molecule has 0 N–H and O–H groups in total. The number of hydrogen-bond acceptors (Lipinski definition) is 7. The highest BCUT2D eigenvalue weighted by atomic mass is 35.5. The molecule has 0 radical (unpaired) electrons. The number of aryl methyl sites for hydroxylation is 2. The van der Waals surface area contributed by atoms with Crippen LogP contribution in [0.15, 0.2) is 39.9 Å². The summed E-state index contributed by atoms with van der Waals surface area (Å²) in [6.07, 6.45) is 2.20. The minimum absolute atomic E-state index is 0.0288. The molecule has 0 unspecified atom stereocenters. The average Bonchev–Trinajstić information content (AvgIpc) is 3.44. The second-order valence-corrected chi connectivity index (χ2v) is 7.87. The molecule has 4 aromatic rings. The Bertz CT molecular complexity index is 1280. The predicted molar refractivity (Wildman–Crippen MR) is 108 cm³/mol. The van der Waals surface area contributed by atoms with Crippen LogP contribution in [0.4, 0.5) is 0 Å². The van der Waals surface area contributed by atoms with E-state index in [1.54, 1.807) is 18.7 Å². The Hall–Kier alpha value is -3.04. The van der Waals surface area contributed by atoms with Crippen molar-refractivity contribution in [2.24, 2.45) is 7.05 Å². The van der Waals surface area contributed by atoms with Crippen molar-refractivity contribution in [1.29, 1.82) is 0 Å². The van der Waals surface area contributed by atoms with Crippen molar-refractivity contribution in [3.8, 4) is 0 Å². The van der Waals surface area contributed by atoms with Crippen LogP contribution in [-0.4, -0.2) is 36.1 Å². The molecule has 154 valence electrons. The van der Waals surface area contributed by atoms with Gasteiger partial charge in [0.25, 0.3) is 5.56 Å². The summed E-state index contributed by atoms with van der Waals surface area (Å²) >= 11 is 5.96. The first-order valence-electron chi connectivity index (χ1n) is 9.58. The summed E-state index contributed by atoms with van der Waals surface area (Å²) in [4.78, 5) is 21.6. The number of ether oxygens (including phenoxy) is 1. The van der Waals surface area contributed by atoms with Gasteiger partial charge in [-0.25, -0.2) is 9.67 Å². The normalized spacial score (nSPS) is 19.0. The lowest BCUT2D eigenvalue weighted by Gasteiger charge is -2.09. The summed E-state index contributed by atoms with van der Waals surface area (Å²) in [5, 5.41) is 9.56. The van der Waals surface area contributed by atoms with E-state index >= 15 is 0 Å². The standard InChI is InChI=1S/C20H19ClN6O3/c1-11-17-19(26(2)24-11)22-10-27(20(17)28)8-16-23-18(25-30-16)13-7-15(29-9-13)12-3-5-14(21)6-4-12/h3-6,10,13,15H,7-9H2,1-2H3/t13-,15+/m0/s1. The number of benzene rings is 1. The second kappa shape index (κ2) is 7.33. The summed E-state index contributed by atoms with van der Waals surface area (Å²) in [5.74, 6) is 0.965. The molecule has 9 nitrogen and oxygen atoms in total. The van der Waals surface area contributed by atoms with Crippen LogP contribution >= 0.6 is 11.6 Å². The van der Waals surface area contributed by atoms with Gasteiger partial charge >= 0.3 is 0 Å². The summed E-state index contributed by atoms with van der Waals surface area (Å²) in [5.41, 5.74) is 2.08. The molecule has 2 atom stereocenters. The molecule has 1 aliphatic heterocycles. The zero-order valence-corrected chi connectivity index (χ0v) is 17.2. The molecule has 0 saturated carbocycles.